The summed E-state index contributed by atoms with van der Waals surface area (Å²) in [6.07, 6.45) is 3.08. The first-order chi connectivity index (χ1) is 15.5. The fraction of sp³-hybridized carbons (Fsp3) is 0.480. The molecule has 7 heteroatoms. The summed E-state index contributed by atoms with van der Waals surface area (Å²) < 4.78 is 7.56. The standard InChI is InChI=1S/C25H31N5O2/c1-16-13-23(29-10-7-22(15-29)27-18(3)31)25-26-17(2)24(30(25)28-16)21-6-4-5-20(14-21)19-8-11-32-12-9-19/h4-6,13-14,19,22H,7-12,15H2,1-3H3,(H,27,31)/t22-/m1/s1. The molecule has 5 rings (SSSR count). The SMILES string of the molecule is CC(=O)N[C@@H]1CCN(c2cc(C)nn3c(-c4cccc(C5CCOCC5)c4)c(C)nc23)C1. The molecule has 0 unspecified atom stereocenters. The molecule has 168 valence electrons. The third-order valence-electron chi connectivity index (χ3n) is 6.65. The van der Waals surface area contributed by atoms with Gasteiger partial charge in [-0.3, -0.25) is 4.79 Å². The van der Waals surface area contributed by atoms with Crippen molar-refractivity contribution >= 4 is 17.2 Å². The zero-order valence-corrected chi connectivity index (χ0v) is 19.1. The van der Waals surface area contributed by atoms with Crippen molar-refractivity contribution in [3.8, 4) is 11.3 Å². The van der Waals surface area contributed by atoms with E-state index in [1.165, 1.54) is 5.56 Å². The average Bonchev–Trinajstić information content (AvgIpc) is 3.37. The van der Waals surface area contributed by atoms with Crippen LogP contribution in [-0.2, 0) is 9.53 Å². The molecule has 1 atom stereocenters. The molecule has 3 aromatic rings. The summed E-state index contributed by atoms with van der Waals surface area (Å²) in [5.41, 5.74) is 7.46. The van der Waals surface area contributed by atoms with E-state index in [0.29, 0.717) is 5.92 Å². The minimum atomic E-state index is 0.0243. The molecule has 2 fully saturated rings. The van der Waals surface area contributed by atoms with Gasteiger partial charge in [-0.2, -0.15) is 5.10 Å². The number of nitrogens with one attached hydrogen (secondary N) is 1. The van der Waals surface area contributed by atoms with Crippen LogP contribution in [0, 0.1) is 13.8 Å². The molecule has 0 saturated carbocycles. The number of nitrogens with zero attached hydrogens (tertiary/aromatic N) is 4. The van der Waals surface area contributed by atoms with E-state index in [2.05, 4.69) is 47.5 Å². The number of amides is 1. The van der Waals surface area contributed by atoms with E-state index in [0.717, 1.165) is 79.5 Å². The van der Waals surface area contributed by atoms with Gasteiger partial charge in [-0.25, -0.2) is 9.50 Å². The molecular weight excluding hydrogens is 402 g/mol. The Hall–Kier alpha value is -2.93. The number of hydrogen-bond donors (Lipinski definition) is 1. The van der Waals surface area contributed by atoms with Gasteiger partial charge in [0, 0.05) is 44.8 Å². The van der Waals surface area contributed by atoms with Crippen LogP contribution in [0.3, 0.4) is 0 Å². The van der Waals surface area contributed by atoms with E-state index in [1.807, 2.05) is 11.4 Å². The maximum absolute atomic E-state index is 11.5. The number of hydrogen-bond acceptors (Lipinski definition) is 5. The van der Waals surface area contributed by atoms with Gasteiger partial charge in [-0.05, 0) is 56.7 Å². The first kappa shape index (κ1) is 20.9. The second-order valence-electron chi connectivity index (χ2n) is 9.10. The Kier molecular flexibility index (Phi) is 5.59. The summed E-state index contributed by atoms with van der Waals surface area (Å²) in [5.74, 6) is 0.569. The smallest absolute Gasteiger partial charge is 0.217 e. The van der Waals surface area contributed by atoms with Crippen LogP contribution >= 0.6 is 0 Å². The molecule has 4 heterocycles. The van der Waals surface area contributed by atoms with Gasteiger partial charge >= 0.3 is 0 Å². The first-order valence-corrected chi connectivity index (χ1v) is 11.6. The summed E-state index contributed by atoms with van der Waals surface area (Å²) >= 11 is 0. The predicted molar refractivity (Wildman–Crippen MR) is 125 cm³/mol. The Balaban J connectivity index is 1.53. The maximum atomic E-state index is 11.5. The second-order valence-corrected chi connectivity index (χ2v) is 9.10. The number of carbonyl (C=O) groups excluding carboxylic acids is 1. The number of rotatable bonds is 4. The zero-order chi connectivity index (χ0) is 22.2. The van der Waals surface area contributed by atoms with Crippen LogP contribution < -0.4 is 10.2 Å². The van der Waals surface area contributed by atoms with Crippen LogP contribution in [0.2, 0.25) is 0 Å². The molecule has 1 amide bonds. The van der Waals surface area contributed by atoms with Crippen LogP contribution in [0.5, 0.6) is 0 Å². The van der Waals surface area contributed by atoms with Crippen molar-refractivity contribution in [3.05, 3.63) is 47.3 Å². The maximum Gasteiger partial charge on any atom is 0.217 e. The van der Waals surface area contributed by atoms with Crippen LogP contribution in [0.15, 0.2) is 30.3 Å². The fourth-order valence-corrected chi connectivity index (χ4v) is 5.15. The number of aromatic nitrogens is 3. The number of aryl methyl sites for hydroxylation is 2. The zero-order valence-electron chi connectivity index (χ0n) is 19.1. The number of carbonyl (C=O) groups is 1. The normalized spacial score (nSPS) is 19.6. The van der Waals surface area contributed by atoms with Crippen LogP contribution in [-0.4, -0.2) is 52.9 Å². The number of fused-ring (bicyclic) bond motifs is 1. The second kappa shape index (κ2) is 8.54. The Morgan fingerprint density at radius 1 is 1.16 bits per heavy atom. The van der Waals surface area contributed by atoms with Crippen molar-refractivity contribution in [2.75, 3.05) is 31.2 Å². The van der Waals surface area contributed by atoms with Crippen molar-refractivity contribution < 1.29 is 9.53 Å². The van der Waals surface area contributed by atoms with Gasteiger partial charge in [0.25, 0.3) is 0 Å². The Morgan fingerprint density at radius 3 is 2.75 bits per heavy atom. The molecule has 0 bridgehead atoms. The molecule has 1 N–H and O–H groups in total. The largest absolute Gasteiger partial charge is 0.381 e. The summed E-state index contributed by atoms with van der Waals surface area (Å²) in [6.45, 7) is 9.03. The molecule has 2 aliphatic rings. The summed E-state index contributed by atoms with van der Waals surface area (Å²) in [5, 5.41) is 7.90. The quantitative estimate of drug-likeness (QED) is 0.680. The van der Waals surface area contributed by atoms with Crippen LogP contribution in [0.25, 0.3) is 16.9 Å². The van der Waals surface area contributed by atoms with Gasteiger partial charge in [-0.15, -0.1) is 0 Å². The fourth-order valence-electron chi connectivity index (χ4n) is 5.15. The van der Waals surface area contributed by atoms with E-state index in [9.17, 15) is 4.79 Å². The Labute approximate surface area is 188 Å². The monoisotopic (exact) mass is 433 g/mol. The van der Waals surface area contributed by atoms with Gasteiger partial charge in [0.05, 0.1) is 22.8 Å². The predicted octanol–water partition coefficient (Wildman–Crippen LogP) is 3.62. The van der Waals surface area contributed by atoms with Crippen molar-refractivity contribution in [1.29, 1.82) is 0 Å². The van der Waals surface area contributed by atoms with Gasteiger partial charge in [0.1, 0.15) is 0 Å². The highest BCUT2D eigenvalue weighted by Crippen LogP contribution is 2.34. The van der Waals surface area contributed by atoms with Crippen LogP contribution in [0.1, 0.15) is 49.1 Å². The average molecular weight is 434 g/mol. The van der Waals surface area contributed by atoms with E-state index in [1.54, 1.807) is 6.92 Å². The molecule has 0 radical (unpaired) electrons. The molecule has 0 spiro atoms. The van der Waals surface area contributed by atoms with Crippen molar-refractivity contribution in [3.63, 3.8) is 0 Å². The molecule has 2 saturated heterocycles. The van der Waals surface area contributed by atoms with E-state index < -0.39 is 0 Å². The lowest BCUT2D eigenvalue weighted by Gasteiger charge is -2.23. The van der Waals surface area contributed by atoms with Crippen molar-refractivity contribution in [2.24, 2.45) is 0 Å². The van der Waals surface area contributed by atoms with Crippen LogP contribution in [0.4, 0.5) is 5.69 Å². The number of benzene rings is 1. The van der Waals surface area contributed by atoms with E-state index in [4.69, 9.17) is 14.8 Å². The lowest BCUT2D eigenvalue weighted by Crippen LogP contribution is -2.35. The molecular formula is C25H31N5O2. The van der Waals surface area contributed by atoms with E-state index in [-0.39, 0.29) is 11.9 Å². The number of anilines is 1. The van der Waals surface area contributed by atoms with Gasteiger partial charge in [-0.1, -0.05) is 18.2 Å². The lowest BCUT2D eigenvalue weighted by molar-refractivity contribution is -0.119. The minimum Gasteiger partial charge on any atom is -0.381 e. The topological polar surface area (TPSA) is 71.8 Å². The Bertz CT molecular complexity index is 1150. The number of imidazole rings is 1. The summed E-state index contributed by atoms with van der Waals surface area (Å²) in [4.78, 5) is 18.8. The van der Waals surface area contributed by atoms with E-state index >= 15 is 0 Å². The Morgan fingerprint density at radius 2 is 1.97 bits per heavy atom. The first-order valence-electron chi connectivity index (χ1n) is 11.6. The molecule has 2 aromatic heterocycles. The summed E-state index contributed by atoms with van der Waals surface area (Å²) in [7, 11) is 0. The van der Waals surface area contributed by atoms with Crippen molar-refractivity contribution in [1.82, 2.24) is 19.9 Å². The summed E-state index contributed by atoms with van der Waals surface area (Å²) in [6, 6.07) is 11.1. The van der Waals surface area contributed by atoms with Gasteiger partial charge < -0.3 is 15.0 Å². The van der Waals surface area contributed by atoms with Gasteiger partial charge in [0.15, 0.2) is 5.65 Å². The lowest BCUT2D eigenvalue weighted by atomic mass is 9.90. The molecule has 0 aliphatic carbocycles. The molecule has 2 aliphatic heterocycles. The minimum absolute atomic E-state index is 0.0243. The molecule has 32 heavy (non-hydrogen) atoms. The number of ether oxygens (including phenoxy) is 1. The molecule has 7 nitrogen and oxygen atoms in total. The third kappa shape index (κ3) is 3.97. The highest BCUT2D eigenvalue weighted by atomic mass is 16.5. The highest BCUT2D eigenvalue weighted by molar-refractivity contribution is 5.77. The third-order valence-corrected chi connectivity index (χ3v) is 6.65. The highest BCUT2D eigenvalue weighted by Gasteiger charge is 2.27. The van der Waals surface area contributed by atoms with Gasteiger partial charge in [0.2, 0.25) is 5.91 Å². The molecule has 1 aromatic carbocycles. The van der Waals surface area contributed by atoms with Crippen molar-refractivity contribution in [2.45, 2.75) is 52.0 Å².